The van der Waals surface area contributed by atoms with Crippen LogP contribution in [0.15, 0.2) is 38.3 Å². The number of thiophene rings is 1. The van der Waals surface area contributed by atoms with E-state index in [4.69, 9.17) is 0 Å². The van der Waals surface area contributed by atoms with Gasteiger partial charge in [-0.15, -0.1) is 11.3 Å². The molecule has 0 spiro atoms. The molecule has 0 bridgehead atoms. The highest BCUT2D eigenvalue weighted by molar-refractivity contribution is 9.11. The van der Waals surface area contributed by atoms with Crippen LogP contribution < -0.4 is 4.72 Å². The standard InChI is InChI=1S/C10H6BrF2NO2S2/c11-9-3-4-10(17-9)18(15,16)14-8-2-1-6(12)5-7(8)13/h1-5,14H. The molecule has 1 aromatic heterocycles. The molecule has 0 aliphatic carbocycles. The lowest BCUT2D eigenvalue weighted by Crippen LogP contribution is -2.12. The molecule has 0 saturated carbocycles. The van der Waals surface area contributed by atoms with Gasteiger partial charge in [-0.25, -0.2) is 17.2 Å². The first kappa shape index (κ1) is 13.4. The molecule has 1 aromatic carbocycles. The molecule has 3 nitrogen and oxygen atoms in total. The van der Waals surface area contributed by atoms with E-state index in [1.165, 1.54) is 6.07 Å². The summed E-state index contributed by atoms with van der Waals surface area (Å²) in [6.07, 6.45) is 0. The van der Waals surface area contributed by atoms with Gasteiger partial charge in [0.05, 0.1) is 9.47 Å². The molecule has 0 saturated heterocycles. The monoisotopic (exact) mass is 353 g/mol. The second-order valence-corrected chi connectivity index (χ2v) is 7.66. The van der Waals surface area contributed by atoms with Crippen molar-refractivity contribution in [3.63, 3.8) is 0 Å². The van der Waals surface area contributed by atoms with Crippen LogP contribution >= 0.6 is 27.3 Å². The molecular weight excluding hydrogens is 348 g/mol. The minimum atomic E-state index is -3.85. The van der Waals surface area contributed by atoms with E-state index in [0.29, 0.717) is 9.85 Å². The Morgan fingerprint density at radius 2 is 1.89 bits per heavy atom. The average Bonchev–Trinajstić information content (AvgIpc) is 2.70. The van der Waals surface area contributed by atoms with E-state index in [0.717, 1.165) is 23.5 Å². The van der Waals surface area contributed by atoms with Crippen LogP contribution in [-0.4, -0.2) is 8.42 Å². The Labute approximate surface area is 115 Å². The maximum atomic E-state index is 13.3. The predicted octanol–water partition coefficient (Wildman–Crippen LogP) is 3.59. The van der Waals surface area contributed by atoms with Crippen molar-refractivity contribution < 1.29 is 17.2 Å². The summed E-state index contributed by atoms with van der Waals surface area (Å²) in [7, 11) is -3.85. The van der Waals surface area contributed by atoms with Crippen LogP contribution in [0, 0.1) is 11.6 Å². The van der Waals surface area contributed by atoms with E-state index in [9.17, 15) is 17.2 Å². The molecule has 96 valence electrons. The zero-order chi connectivity index (χ0) is 13.3. The molecule has 1 N–H and O–H groups in total. The highest BCUT2D eigenvalue weighted by Crippen LogP contribution is 2.28. The van der Waals surface area contributed by atoms with Gasteiger partial charge in [-0.3, -0.25) is 4.72 Å². The summed E-state index contributed by atoms with van der Waals surface area (Å²) in [6, 6.07) is 5.58. The number of anilines is 1. The summed E-state index contributed by atoms with van der Waals surface area (Å²) in [5.74, 6) is -1.73. The van der Waals surface area contributed by atoms with Crippen molar-refractivity contribution in [3.05, 3.63) is 45.8 Å². The van der Waals surface area contributed by atoms with Gasteiger partial charge < -0.3 is 0 Å². The molecule has 2 rings (SSSR count). The van der Waals surface area contributed by atoms with E-state index in [2.05, 4.69) is 20.7 Å². The molecule has 0 aliphatic rings. The van der Waals surface area contributed by atoms with Crippen LogP contribution in [0.3, 0.4) is 0 Å². The first-order chi connectivity index (χ1) is 8.38. The highest BCUT2D eigenvalue weighted by atomic mass is 79.9. The Morgan fingerprint density at radius 3 is 2.44 bits per heavy atom. The molecule has 0 aliphatic heterocycles. The second kappa shape index (κ2) is 4.94. The van der Waals surface area contributed by atoms with E-state index >= 15 is 0 Å². The topological polar surface area (TPSA) is 46.2 Å². The first-order valence-corrected chi connectivity index (χ1v) is 7.71. The van der Waals surface area contributed by atoms with Crippen molar-refractivity contribution in [3.8, 4) is 0 Å². The van der Waals surface area contributed by atoms with E-state index in [1.54, 1.807) is 6.07 Å². The number of hydrogen-bond donors (Lipinski definition) is 1. The molecule has 18 heavy (non-hydrogen) atoms. The molecule has 0 atom stereocenters. The molecule has 0 unspecified atom stereocenters. The maximum absolute atomic E-state index is 13.3. The Kier molecular flexibility index (Phi) is 3.69. The number of rotatable bonds is 3. The van der Waals surface area contributed by atoms with Gasteiger partial charge in [0.25, 0.3) is 10.0 Å². The smallest absolute Gasteiger partial charge is 0.271 e. The van der Waals surface area contributed by atoms with Gasteiger partial charge in [0.2, 0.25) is 0 Å². The largest absolute Gasteiger partial charge is 0.276 e. The lowest BCUT2D eigenvalue weighted by atomic mass is 10.3. The number of halogens is 3. The van der Waals surface area contributed by atoms with Crippen LogP contribution in [-0.2, 0) is 10.0 Å². The lowest BCUT2D eigenvalue weighted by molar-refractivity contribution is 0.583. The fourth-order valence-corrected chi connectivity index (χ4v) is 4.29. The zero-order valence-electron chi connectivity index (χ0n) is 8.65. The van der Waals surface area contributed by atoms with Crippen molar-refractivity contribution in [2.75, 3.05) is 4.72 Å². The third-order valence-electron chi connectivity index (χ3n) is 1.99. The van der Waals surface area contributed by atoms with Gasteiger partial charge in [-0.2, -0.15) is 0 Å². The third-order valence-corrected chi connectivity index (χ3v) is 5.47. The second-order valence-electron chi connectivity index (χ2n) is 3.29. The number of hydrogen-bond acceptors (Lipinski definition) is 3. The molecule has 0 radical (unpaired) electrons. The van der Waals surface area contributed by atoms with Gasteiger partial charge in [0, 0.05) is 6.07 Å². The van der Waals surface area contributed by atoms with Gasteiger partial charge in [0.15, 0.2) is 0 Å². The number of sulfonamides is 1. The zero-order valence-corrected chi connectivity index (χ0v) is 11.9. The number of nitrogens with one attached hydrogen (secondary N) is 1. The Balaban J connectivity index is 2.33. The van der Waals surface area contributed by atoms with Crippen LogP contribution in [0.1, 0.15) is 0 Å². The minimum absolute atomic E-state index is 0.0399. The Morgan fingerprint density at radius 1 is 1.17 bits per heavy atom. The third kappa shape index (κ3) is 2.88. The molecule has 8 heteroatoms. The molecule has 2 aromatic rings. The fourth-order valence-electron chi connectivity index (χ4n) is 1.21. The van der Waals surface area contributed by atoms with E-state index in [1.807, 2.05) is 0 Å². The fraction of sp³-hybridized carbons (Fsp3) is 0. The quantitative estimate of drug-likeness (QED) is 0.916. The summed E-state index contributed by atoms with van der Waals surface area (Å²) in [4.78, 5) is 0. The summed E-state index contributed by atoms with van der Waals surface area (Å²) in [6.45, 7) is 0. The maximum Gasteiger partial charge on any atom is 0.271 e. The van der Waals surface area contributed by atoms with Gasteiger partial charge in [-0.05, 0) is 40.2 Å². The van der Waals surface area contributed by atoms with E-state index in [-0.39, 0.29) is 9.90 Å². The lowest BCUT2D eigenvalue weighted by Gasteiger charge is -2.06. The molecule has 0 fully saturated rings. The summed E-state index contributed by atoms with van der Waals surface area (Å²) < 4.78 is 52.5. The van der Waals surface area contributed by atoms with Crippen molar-refractivity contribution in [2.45, 2.75) is 4.21 Å². The van der Waals surface area contributed by atoms with Gasteiger partial charge in [-0.1, -0.05) is 0 Å². The molecular formula is C10H6BrF2NO2S2. The summed E-state index contributed by atoms with van der Waals surface area (Å²) >= 11 is 4.13. The molecule has 1 heterocycles. The van der Waals surface area contributed by atoms with Crippen molar-refractivity contribution in [1.82, 2.24) is 0 Å². The van der Waals surface area contributed by atoms with Crippen molar-refractivity contribution in [2.24, 2.45) is 0 Å². The number of benzene rings is 1. The summed E-state index contributed by atoms with van der Waals surface area (Å²) in [5.41, 5.74) is -0.291. The van der Waals surface area contributed by atoms with Crippen LogP contribution in [0.5, 0.6) is 0 Å². The Bertz CT molecular complexity index is 685. The SMILES string of the molecule is O=S(=O)(Nc1ccc(F)cc1F)c1ccc(Br)s1. The van der Waals surface area contributed by atoms with Crippen molar-refractivity contribution in [1.29, 1.82) is 0 Å². The normalized spacial score (nSPS) is 11.5. The Hall–Kier alpha value is -0.990. The average molecular weight is 354 g/mol. The van der Waals surface area contributed by atoms with Crippen LogP contribution in [0.25, 0.3) is 0 Å². The highest BCUT2D eigenvalue weighted by Gasteiger charge is 2.18. The minimum Gasteiger partial charge on any atom is -0.276 e. The first-order valence-electron chi connectivity index (χ1n) is 4.62. The van der Waals surface area contributed by atoms with Crippen molar-refractivity contribution >= 4 is 43.0 Å². The van der Waals surface area contributed by atoms with Gasteiger partial charge >= 0.3 is 0 Å². The summed E-state index contributed by atoms with van der Waals surface area (Å²) in [5, 5.41) is 0. The molecule has 0 amide bonds. The van der Waals surface area contributed by atoms with Crippen LogP contribution in [0.2, 0.25) is 0 Å². The van der Waals surface area contributed by atoms with E-state index < -0.39 is 21.7 Å². The van der Waals surface area contributed by atoms with Gasteiger partial charge in [0.1, 0.15) is 15.8 Å². The van der Waals surface area contributed by atoms with Crippen LogP contribution in [0.4, 0.5) is 14.5 Å². The predicted molar refractivity (Wildman–Crippen MR) is 69.2 cm³/mol.